The molecule has 0 fully saturated rings. The second kappa shape index (κ2) is 12.2. The molecule has 1 aromatic carbocycles. The number of nitrogens with one attached hydrogen (secondary N) is 3. The number of benzene rings is 1. The van der Waals surface area contributed by atoms with Crippen LogP contribution in [0.2, 0.25) is 0 Å². The van der Waals surface area contributed by atoms with Crippen LogP contribution in [0, 0.1) is 0 Å². The van der Waals surface area contributed by atoms with Crippen LogP contribution in [0.4, 0.5) is 24.7 Å². The number of aromatic nitrogens is 2. The Balaban J connectivity index is 1.39. The predicted octanol–water partition coefficient (Wildman–Crippen LogP) is 2.59. The van der Waals surface area contributed by atoms with Crippen LogP contribution < -0.4 is 20.7 Å². The average Bonchev–Trinajstić information content (AvgIpc) is 3.39. The van der Waals surface area contributed by atoms with Gasteiger partial charge in [-0.15, -0.1) is 0 Å². The van der Waals surface area contributed by atoms with Gasteiger partial charge in [-0.25, -0.2) is 9.97 Å². The van der Waals surface area contributed by atoms with E-state index in [2.05, 4.69) is 30.9 Å². The molecule has 3 N–H and O–H groups in total. The number of anilines is 2. The van der Waals surface area contributed by atoms with Crippen LogP contribution in [0.3, 0.4) is 0 Å². The zero-order valence-corrected chi connectivity index (χ0v) is 22.8. The first kappa shape index (κ1) is 29.3. The lowest BCUT2D eigenvalue weighted by molar-refractivity contribution is -0.137. The fourth-order valence-corrected chi connectivity index (χ4v) is 4.98. The highest BCUT2D eigenvalue weighted by molar-refractivity contribution is 8.15. The molecule has 0 spiro atoms. The van der Waals surface area contributed by atoms with Gasteiger partial charge in [0, 0.05) is 18.5 Å². The van der Waals surface area contributed by atoms with Crippen molar-refractivity contribution in [3.8, 4) is 5.75 Å². The first-order valence-electron chi connectivity index (χ1n) is 12.4. The van der Waals surface area contributed by atoms with Crippen molar-refractivity contribution in [3.05, 3.63) is 41.3 Å². The minimum Gasteiger partial charge on any atom is -0.490 e. The van der Waals surface area contributed by atoms with Crippen LogP contribution >= 0.6 is 11.8 Å². The number of alkyl halides is 3. The second-order valence-electron chi connectivity index (χ2n) is 9.43. The highest BCUT2D eigenvalue weighted by Crippen LogP contribution is 2.36. The normalized spacial score (nSPS) is 17.5. The Hall–Kier alpha value is -3.72. The molecule has 2 aliphatic heterocycles. The summed E-state index contributed by atoms with van der Waals surface area (Å²) in [6.45, 7) is 2.52. The van der Waals surface area contributed by atoms with Gasteiger partial charge in [-0.3, -0.25) is 19.4 Å². The predicted molar refractivity (Wildman–Crippen MR) is 144 cm³/mol. The number of aliphatic imine (C=N–C) groups is 1. The summed E-state index contributed by atoms with van der Waals surface area (Å²) >= 11 is 1.11. The lowest BCUT2D eigenvalue weighted by atomic mass is 10.0. The van der Waals surface area contributed by atoms with Gasteiger partial charge >= 0.3 is 6.18 Å². The quantitative estimate of drug-likeness (QED) is 0.412. The van der Waals surface area contributed by atoms with Gasteiger partial charge in [0.05, 0.1) is 28.9 Å². The fourth-order valence-electron chi connectivity index (χ4n) is 3.96. The van der Waals surface area contributed by atoms with Crippen molar-refractivity contribution in [2.45, 2.75) is 37.2 Å². The Morgan fingerprint density at radius 2 is 2.02 bits per heavy atom. The van der Waals surface area contributed by atoms with Crippen LogP contribution in [0.1, 0.15) is 35.0 Å². The highest BCUT2D eigenvalue weighted by Gasteiger charge is 2.34. The molecule has 2 aromatic rings. The maximum atomic E-state index is 13.3. The Kier molecular flexibility index (Phi) is 8.93. The van der Waals surface area contributed by atoms with Crippen molar-refractivity contribution in [2.24, 2.45) is 4.99 Å². The highest BCUT2D eigenvalue weighted by atomic mass is 32.2. The minimum atomic E-state index is -4.60. The van der Waals surface area contributed by atoms with Gasteiger partial charge in [0.25, 0.3) is 5.91 Å². The van der Waals surface area contributed by atoms with E-state index in [-0.39, 0.29) is 42.6 Å². The second-order valence-corrected chi connectivity index (χ2v) is 10.7. The fraction of sp³-hybridized carbons (Fsp3) is 0.440. The standard InChI is InChI=1S/C25H28F3N7O4S/c1-13(32-23(38)20-15-5-7-19(36)34-21(15)31-12-30-20)24-29-11-18(40-24)22(37)33-16-10-14(25(26,27)28)4-6-17(16)39-9-8-35(2)3/h4,6,10,12-13,18H,5,7-9,11H2,1-3H3,(H,32,38)(H,33,37)(H,30,31,34,36)/t13-,18?/m1/s1. The average molecular weight is 580 g/mol. The zero-order valence-electron chi connectivity index (χ0n) is 22.0. The van der Waals surface area contributed by atoms with E-state index in [9.17, 15) is 27.6 Å². The van der Waals surface area contributed by atoms with Gasteiger partial charge in [0.2, 0.25) is 11.8 Å². The molecular weight excluding hydrogens is 551 g/mol. The third-order valence-corrected chi connectivity index (χ3v) is 7.44. The van der Waals surface area contributed by atoms with Gasteiger partial charge in [-0.2, -0.15) is 13.2 Å². The SMILES string of the molecule is C[C@@H](NC(=O)c1ncnc2c1CCC(=O)N2)C1=NCC(C(=O)Nc2cc(C(F)(F)F)ccc2OCCN(C)C)S1. The number of hydrogen-bond acceptors (Lipinski definition) is 9. The third kappa shape index (κ3) is 7.07. The van der Waals surface area contributed by atoms with Crippen molar-refractivity contribution < 1.29 is 32.3 Å². The maximum Gasteiger partial charge on any atom is 0.416 e. The summed E-state index contributed by atoms with van der Waals surface area (Å²) < 4.78 is 45.6. The molecule has 2 atom stereocenters. The van der Waals surface area contributed by atoms with Crippen LogP contribution in [-0.4, -0.2) is 82.7 Å². The molecule has 40 heavy (non-hydrogen) atoms. The first-order valence-corrected chi connectivity index (χ1v) is 13.3. The summed E-state index contributed by atoms with van der Waals surface area (Å²) in [4.78, 5) is 51.9. The number of ether oxygens (including phenoxy) is 1. The molecule has 4 rings (SSSR count). The van der Waals surface area contributed by atoms with Crippen LogP contribution in [0.5, 0.6) is 5.75 Å². The zero-order chi connectivity index (χ0) is 29.0. The van der Waals surface area contributed by atoms with Gasteiger partial charge in [-0.05, 0) is 45.6 Å². The Morgan fingerprint density at radius 1 is 1.25 bits per heavy atom. The number of rotatable bonds is 9. The molecule has 15 heteroatoms. The lowest BCUT2D eigenvalue weighted by Gasteiger charge is -2.19. The van der Waals surface area contributed by atoms with E-state index >= 15 is 0 Å². The van der Waals surface area contributed by atoms with Gasteiger partial charge in [-0.1, -0.05) is 11.8 Å². The van der Waals surface area contributed by atoms with Crippen molar-refractivity contribution >= 4 is 46.0 Å². The summed E-state index contributed by atoms with van der Waals surface area (Å²) in [6, 6.07) is 2.36. The maximum absolute atomic E-state index is 13.3. The summed E-state index contributed by atoms with van der Waals surface area (Å²) in [5, 5.41) is 7.73. The number of nitrogens with zero attached hydrogens (tertiary/aromatic N) is 4. The topological polar surface area (TPSA) is 138 Å². The molecule has 3 heterocycles. The summed E-state index contributed by atoms with van der Waals surface area (Å²) in [6.07, 6.45) is -2.86. The van der Waals surface area contributed by atoms with E-state index in [0.29, 0.717) is 29.4 Å². The van der Waals surface area contributed by atoms with Crippen molar-refractivity contribution in [1.29, 1.82) is 0 Å². The summed E-state index contributed by atoms with van der Waals surface area (Å²) in [5.41, 5.74) is -0.327. The molecule has 1 unspecified atom stereocenters. The van der Waals surface area contributed by atoms with E-state index in [4.69, 9.17) is 4.74 Å². The molecule has 0 aliphatic carbocycles. The van der Waals surface area contributed by atoms with Crippen LogP contribution in [0.15, 0.2) is 29.5 Å². The van der Waals surface area contributed by atoms with Crippen molar-refractivity contribution in [3.63, 3.8) is 0 Å². The number of carbonyl (C=O) groups is 3. The van der Waals surface area contributed by atoms with E-state index in [1.54, 1.807) is 6.92 Å². The number of likely N-dealkylation sites (N-methyl/N-ethyl adjacent to an activating group) is 1. The van der Waals surface area contributed by atoms with Gasteiger partial charge < -0.3 is 25.6 Å². The Bertz CT molecular complexity index is 1340. The van der Waals surface area contributed by atoms with Gasteiger partial charge in [0.1, 0.15) is 35.4 Å². The van der Waals surface area contributed by atoms with Crippen molar-refractivity contribution in [1.82, 2.24) is 20.2 Å². The monoisotopic (exact) mass is 579 g/mol. The Labute approximate surface area is 232 Å². The van der Waals surface area contributed by atoms with Gasteiger partial charge in [0.15, 0.2) is 0 Å². The molecule has 0 radical (unpaired) electrons. The molecule has 0 bridgehead atoms. The van der Waals surface area contributed by atoms with E-state index in [1.807, 2.05) is 19.0 Å². The van der Waals surface area contributed by atoms with Crippen LogP contribution in [0.25, 0.3) is 0 Å². The third-order valence-electron chi connectivity index (χ3n) is 6.07. The molecule has 0 saturated carbocycles. The minimum absolute atomic E-state index is 0.0801. The molecule has 3 amide bonds. The summed E-state index contributed by atoms with van der Waals surface area (Å²) in [5.74, 6) is -0.795. The number of fused-ring (bicyclic) bond motifs is 1. The van der Waals surface area contributed by atoms with E-state index in [1.165, 1.54) is 12.4 Å². The van der Waals surface area contributed by atoms with E-state index < -0.39 is 34.8 Å². The molecule has 11 nitrogen and oxygen atoms in total. The molecule has 0 saturated heterocycles. The van der Waals surface area contributed by atoms with Crippen molar-refractivity contribution in [2.75, 3.05) is 44.4 Å². The summed E-state index contributed by atoms with van der Waals surface area (Å²) in [7, 11) is 3.66. The van der Waals surface area contributed by atoms with Crippen LogP contribution in [-0.2, 0) is 22.2 Å². The molecule has 2 aliphatic rings. The number of hydrogen-bond donors (Lipinski definition) is 3. The smallest absolute Gasteiger partial charge is 0.416 e. The number of carbonyl (C=O) groups excluding carboxylic acids is 3. The number of thioether (sulfide) groups is 1. The van der Waals surface area contributed by atoms with E-state index in [0.717, 1.165) is 23.9 Å². The molecule has 1 aromatic heterocycles. The number of amides is 3. The number of halogens is 3. The first-order chi connectivity index (χ1) is 18.9. The molecule has 214 valence electrons. The lowest BCUT2D eigenvalue weighted by Crippen LogP contribution is -2.39. The largest absolute Gasteiger partial charge is 0.490 e. The Morgan fingerprint density at radius 3 is 2.75 bits per heavy atom. The molecular formula is C25H28F3N7O4S.